The van der Waals surface area contributed by atoms with Crippen LogP contribution in [0.4, 0.5) is 23.7 Å². The van der Waals surface area contributed by atoms with Crippen molar-refractivity contribution in [1.82, 2.24) is 14.7 Å². The predicted molar refractivity (Wildman–Crippen MR) is 129 cm³/mol. The fourth-order valence-electron chi connectivity index (χ4n) is 4.78. The van der Waals surface area contributed by atoms with E-state index in [4.69, 9.17) is 10.00 Å². The Morgan fingerprint density at radius 3 is 2.41 bits per heavy atom. The van der Waals surface area contributed by atoms with Gasteiger partial charge >= 0.3 is 12.3 Å². The third-order valence-electron chi connectivity index (χ3n) is 6.97. The molecule has 2 heterocycles. The molecule has 1 saturated carbocycles. The normalized spacial score (nSPS) is 18.0. The van der Waals surface area contributed by atoms with Crippen LogP contribution < -0.4 is 5.32 Å². The number of halogens is 3. The molecule has 0 radical (unpaired) electrons. The van der Waals surface area contributed by atoms with Crippen LogP contribution in [0.5, 0.6) is 0 Å². The van der Waals surface area contributed by atoms with E-state index in [1.165, 1.54) is 12.1 Å². The van der Waals surface area contributed by atoms with E-state index in [-0.39, 0.29) is 17.7 Å². The van der Waals surface area contributed by atoms with Crippen LogP contribution in [0, 0.1) is 11.3 Å². The van der Waals surface area contributed by atoms with Gasteiger partial charge in [-0.3, -0.25) is 9.48 Å². The second-order valence-corrected chi connectivity index (χ2v) is 10.7. The zero-order valence-electron chi connectivity index (χ0n) is 21.1. The van der Waals surface area contributed by atoms with Gasteiger partial charge < -0.3 is 15.0 Å². The molecule has 1 aromatic carbocycles. The molecule has 1 N–H and O–H groups in total. The third-order valence-corrected chi connectivity index (χ3v) is 6.97. The van der Waals surface area contributed by atoms with Crippen molar-refractivity contribution >= 4 is 17.7 Å². The van der Waals surface area contributed by atoms with Crippen LogP contribution in [-0.2, 0) is 21.2 Å². The molecule has 1 aliphatic heterocycles. The van der Waals surface area contributed by atoms with Crippen LogP contribution in [-0.4, -0.2) is 45.4 Å². The summed E-state index contributed by atoms with van der Waals surface area (Å²) in [6, 6.07) is 4.68. The summed E-state index contributed by atoms with van der Waals surface area (Å²) in [6.07, 6.45) is 1.80. The molecule has 2 fully saturated rings. The summed E-state index contributed by atoms with van der Waals surface area (Å²) in [6.45, 7) is 6.59. The maximum Gasteiger partial charge on any atom is 0.417 e. The van der Waals surface area contributed by atoms with Crippen molar-refractivity contribution in [3.63, 3.8) is 0 Å². The Kier molecular flexibility index (Phi) is 6.97. The Labute approximate surface area is 213 Å². The molecule has 11 heteroatoms. The van der Waals surface area contributed by atoms with Gasteiger partial charge in [0.25, 0.3) is 5.91 Å². The van der Waals surface area contributed by atoms with Gasteiger partial charge in [0.1, 0.15) is 11.1 Å². The predicted octanol–water partition coefficient (Wildman–Crippen LogP) is 5.41. The largest absolute Gasteiger partial charge is 0.444 e. The lowest BCUT2D eigenvalue weighted by atomic mass is 9.76. The number of piperidine rings is 1. The van der Waals surface area contributed by atoms with Crippen LogP contribution in [0.3, 0.4) is 0 Å². The van der Waals surface area contributed by atoms with Crippen molar-refractivity contribution in [1.29, 1.82) is 5.26 Å². The van der Waals surface area contributed by atoms with Crippen LogP contribution in [0.15, 0.2) is 30.6 Å². The van der Waals surface area contributed by atoms with E-state index in [9.17, 15) is 22.8 Å². The molecule has 8 nitrogen and oxygen atoms in total. The van der Waals surface area contributed by atoms with Gasteiger partial charge in [-0.2, -0.15) is 23.5 Å². The zero-order valence-corrected chi connectivity index (χ0v) is 21.1. The van der Waals surface area contributed by atoms with E-state index in [0.717, 1.165) is 37.0 Å². The zero-order chi connectivity index (χ0) is 27.0. The number of carbonyl (C=O) groups is 2. The Morgan fingerprint density at radius 2 is 1.86 bits per heavy atom. The Bertz CT molecular complexity index is 1210. The van der Waals surface area contributed by atoms with Gasteiger partial charge in [-0.15, -0.1) is 0 Å². The van der Waals surface area contributed by atoms with Crippen LogP contribution in [0.2, 0.25) is 0 Å². The van der Waals surface area contributed by atoms with Crippen molar-refractivity contribution in [2.75, 3.05) is 18.4 Å². The molecule has 0 bridgehead atoms. The van der Waals surface area contributed by atoms with Gasteiger partial charge in [-0.1, -0.05) is 0 Å². The number of likely N-dealkylation sites (tertiary alicyclic amines) is 1. The number of benzene rings is 1. The van der Waals surface area contributed by atoms with E-state index in [2.05, 4.69) is 10.4 Å². The van der Waals surface area contributed by atoms with Gasteiger partial charge in [0.2, 0.25) is 0 Å². The molecular formula is C26H30F3N5O3. The maximum atomic E-state index is 13.3. The van der Waals surface area contributed by atoms with E-state index in [1.807, 2.05) is 27.0 Å². The highest BCUT2D eigenvalue weighted by Gasteiger charge is 2.47. The summed E-state index contributed by atoms with van der Waals surface area (Å²) in [5.41, 5.74) is -2.20. The third kappa shape index (κ3) is 5.58. The van der Waals surface area contributed by atoms with Crippen LogP contribution in [0.25, 0.3) is 0 Å². The van der Waals surface area contributed by atoms with Crippen molar-refractivity contribution in [3.05, 3.63) is 47.3 Å². The molecule has 1 aromatic heterocycles. The summed E-state index contributed by atoms with van der Waals surface area (Å²) in [7, 11) is 0. The molecule has 37 heavy (non-hydrogen) atoms. The molecule has 0 atom stereocenters. The maximum absolute atomic E-state index is 13.3. The summed E-state index contributed by atoms with van der Waals surface area (Å²) in [5, 5.41) is 16.1. The van der Waals surface area contributed by atoms with Crippen molar-refractivity contribution in [3.8, 4) is 6.07 Å². The number of carbonyl (C=O) groups excluding carboxylic acids is 2. The number of aromatic nitrogens is 2. The minimum atomic E-state index is -4.71. The molecule has 2 aliphatic rings. The number of nitriles is 1. The highest BCUT2D eigenvalue weighted by Crippen LogP contribution is 2.41. The number of nitrogens with zero attached hydrogens (tertiary/aromatic N) is 4. The second-order valence-electron chi connectivity index (χ2n) is 10.7. The minimum Gasteiger partial charge on any atom is -0.444 e. The molecule has 198 valence electrons. The van der Waals surface area contributed by atoms with Gasteiger partial charge in [-0.05, 0) is 82.6 Å². The molecule has 0 spiro atoms. The Morgan fingerprint density at radius 1 is 1.19 bits per heavy atom. The first kappa shape index (κ1) is 26.5. The van der Waals surface area contributed by atoms with Crippen molar-refractivity contribution in [2.24, 2.45) is 0 Å². The quantitative estimate of drug-likeness (QED) is 0.585. The molecule has 2 amide bonds. The first-order chi connectivity index (χ1) is 17.3. The number of ether oxygens (including phenoxy) is 1. The van der Waals surface area contributed by atoms with E-state index in [1.54, 1.807) is 15.8 Å². The molecule has 0 unspecified atom stereocenters. The summed E-state index contributed by atoms with van der Waals surface area (Å²) >= 11 is 0. The number of rotatable bonds is 4. The number of hydrogen-bond acceptors (Lipinski definition) is 5. The minimum absolute atomic E-state index is 0.0236. The molecule has 1 aliphatic carbocycles. The Hall–Kier alpha value is -3.55. The average Bonchev–Trinajstić information content (AvgIpc) is 3.27. The first-order valence-electron chi connectivity index (χ1n) is 12.3. The van der Waals surface area contributed by atoms with E-state index < -0.39 is 34.4 Å². The van der Waals surface area contributed by atoms with E-state index in [0.29, 0.717) is 25.9 Å². The number of hydrogen-bond donors (Lipinski definition) is 1. The van der Waals surface area contributed by atoms with Gasteiger partial charge in [0.05, 0.1) is 23.4 Å². The lowest BCUT2D eigenvalue weighted by Gasteiger charge is -2.40. The number of alkyl halides is 3. The summed E-state index contributed by atoms with van der Waals surface area (Å²) in [5.74, 6) is -0.272. The van der Waals surface area contributed by atoms with Crippen molar-refractivity contribution in [2.45, 2.75) is 76.1 Å². The summed E-state index contributed by atoms with van der Waals surface area (Å²) in [4.78, 5) is 27.3. The molecule has 2 aromatic rings. The number of nitrogens with one attached hydrogen (secondary N) is 1. The average molecular weight is 518 g/mol. The highest BCUT2D eigenvalue weighted by atomic mass is 19.4. The smallest absolute Gasteiger partial charge is 0.417 e. The lowest BCUT2D eigenvalue weighted by molar-refractivity contribution is -0.137. The fourth-order valence-corrected chi connectivity index (χ4v) is 4.78. The van der Waals surface area contributed by atoms with Gasteiger partial charge in [0, 0.05) is 25.0 Å². The highest BCUT2D eigenvalue weighted by molar-refractivity contribution is 5.97. The standard InChI is InChI=1S/C26H30F3N5O3/c1-24(2,3)37-23(36)33-11-7-17(8-12-33)19-15-31-34(16-19)25(9-4-10-25)22(35)32-20-6-5-18(14-30)21(13-20)26(27,28)29/h5-6,13,15-17H,4,7-12H2,1-3H3,(H,32,35). The van der Waals surface area contributed by atoms with Gasteiger partial charge in [0.15, 0.2) is 0 Å². The van der Waals surface area contributed by atoms with Crippen LogP contribution in [0.1, 0.15) is 75.5 Å². The van der Waals surface area contributed by atoms with Crippen LogP contribution >= 0.6 is 0 Å². The topological polar surface area (TPSA) is 100 Å². The number of anilines is 1. The fraction of sp³-hybridized carbons (Fsp3) is 0.538. The lowest BCUT2D eigenvalue weighted by Crippen LogP contribution is -2.51. The van der Waals surface area contributed by atoms with Gasteiger partial charge in [-0.25, -0.2) is 4.79 Å². The molecule has 1 saturated heterocycles. The SMILES string of the molecule is CC(C)(C)OC(=O)N1CCC(c2cnn(C3(C(=O)Nc4ccc(C#N)c(C(F)(F)F)c4)CCC3)c2)CC1. The molecule has 4 rings (SSSR count). The monoisotopic (exact) mass is 517 g/mol. The Balaban J connectivity index is 1.45. The van der Waals surface area contributed by atoms with Crippen molar-refractivity contribution < 1.29 is 27.5 Å². The summed E-state index contributed by atoms with van der Waals surface area (Å²) < 4.78 is 47.1. The number of amides is 2. The molecular weight excluding hydrogens is 487 g/mol. The van der Waals surface area contributed by atoms with E-state index >= 15 is 0 Å². The second kappa shape index (κ2) is 9.72. The first-order valence-corrected chi connectivity index (χ1v) is 12.3.